The molecule has 0 saturated carbocycles. The molecule has 0 atom stereocenters. The van der Waals surface area contributed by atoms with Crippen molar-refractivity contribution >= 4 is 12.2 Å². The number of ether oxygens (including phenoxy) is 3. The molecule has 1 aliphatic heterocycles. The first kappa shape index (κ1) is 23.7. The molecule has 1 fully saturated rings. The molecule has 2 aromatic rings. The lowest BCUT2D eigenvalue weighted by Gasteiger charge is -2.35. The second-order valence-electron chi connectivity index (χ2n) is 8.87. The maximum absolute atomic E-state index is 12.2. The summed E-state index contributed by atoms with van der Waals surface area (Å²) in [6.45, 7) is 10.2. The summed E-state index contributed by atoms with van der Waals surface area (Å²) in [5.74, 6) is 1.63. The van der Waals surface area contributed by atoms with Gasteiger partial charge in [0.15, 0.2) is 0 Å². The lowest BCUT2D eigenvalue weighted by molar-refractivity contribution is 0.0139. The molecule has 32 heavy (non-hydrogen) atoms. The van der Waals surface area contributed by atoms with Gasteiger partial charge in [-0.25, -0.2) is 4.79 Å². The maximum Gasteiger partial charge on any atom is 0.410 e. The van der Waals surface area contributed by atoms with Crippen molar-refractivity contribution in [3.63, 3.8) is 0 Å². The lowest BCUT2D eigenvalue weighted by Crippen LogP contribution is -2.49. The van der Waals surface area contributed by atoms with Gasteiger partial charge in [0, 0.05) is 32.7 Å². The highest BCUT2D eigenvalue weighted by molar-refractivity contribution is 5.68. The monoisotopic (exact) mass is 438 g/mol. The zero-order chi connectivity index (χ0) is 23.0. The number of hydrogen-bond acceptors (Lipinski definition) is 5. The number of rotatable bonds is 7. The summed E-state index contributed by atoms with van der Waals surface area (Å²) in [6, 6.07) is 16.1. The van der Waals surface area contributed by atoms with Gasteiger partial charge < -0.3 is 19.1 Å². The van der Waals surface area contributed by atoms with Crippen LogP contribution < -0.4 is 9.47 Å². The van der Waals surface area contributed by atoms with E-state index < -0.39 is 5.60 Å². The molecule has 0 N–H and O–H groups in total. The van der Waals surface area contributed by atoms with Gasteiger partial charge in [0.1, 0.15) is 23.7 Å². The van der Waals surface area contributed by atoms with E-state index in [4.69, 9.17) is 14.2 Å². The molecule has 1 heterocycles. The van der Waals surface area contributed by atoms with Gasteiger partial charge in [-0.05, 0) is 62.2 Å². The van der Waals surface area contributed by atoms with Crippen molar-refractivity contribution in [2.75, 3.05) is 39.9 Å². The fraction of sp³-hybridized carbons (Fsp3) is 0.423. The van der Waals surface area contributed by atoms with Crippen molar-refractivity contribution < 1.29 is 19.0 Å². The van der Waals surface area contributed by atoms with Crippen molar-refractivity contribution in [1.82, 2.24) is 9.80 Å². The summed E-state index contributed by atoms with van der Waals surface area (Å²) < 4.78 is 16.3. The molecule has 6 heteroatoms. The fourth-order valence-electron chi connectivity index (χ4n) is 3.41. The standard InChI is InChI=1S/C26H34N2O4/c1-26(2,3)32-25(29)28-17-15-27(16-18-28)20-22-9-7-21(8-10-22)6-5-19-31-24-13-11-23(30-4)12-14-24/h5-14H,15-20H2,1-4H3/b6-5+. The van der Waals surface area contributed by atoms with E-state index in [0.717, 1.165) is 36.7 Å². The van der Waals surface area contributed by atoms with Crippen molar-refractivity contribution in [3.05, 3.63) is 65.7 Å². The van der Waals surface area contributed by atoms with Crippen LogP contribution in [-0.4, -0.2) is 61.4 Å². The van der Waals surface area contributed by atoms with E-state index in [1.807, 2.05) is 51.1 Å². The molecule has 1 saturated heterocycles. The number of hydrogen-bond donors (Lipinski definition) is 0. The molecule has 1 aliphatic rings. The highest BCUT2D eigenvalue weighted by Gasteiger charge is 2.25. The first-order valence-corrected chi connectivity index (χ1v) is 11.0. The Morgan fingerprint density at radius 1 is 0.938 bits per heavy atom. The highest BCUT2D eigenvalue weighted by atomic mass is 16.6. The zero-order valence-electron chi connectivity index (χ0n) is 19.5. The smallest absolute Gasteiger partial charge is 0.410 e. The summed E-state index contributed by atoms with van der Waals surface area (Å²) in [4.78, 5) is 16.4. The molecular formula is C26H34N2O4. The van der Waals surface area contributed by atoms with Crippen LogP contribution in [0.25, 0.3) is 6.08 Å². The summed E-state index contributed by atoms with van der Waals surface area (Å²) in [5.41, 5.74) is 1.95. The fourth-order valence-corrected chi connectivity index (χ4v) is 3.41. The topological polar surface area (TPSA) is 51.2 Å². The van der Waals surface area contributed by atoms with Crippen LogP contribution in [-0.2, 0) is 11.3 Å². The summed E-state index contributed by atoms with van der Waals surface area (Å²) in [6.07, 6.45) is 3.85. The van der Waals surface area contributed by atoms with E-state index in [1.165, 1.54) is 5.56 Å². The van der Waals surface area contributed by atoms with E-state index in [2.05, 4.69) is 35.2 Å². The largest absolute Gasteiger partial charge is 0.497 e. The van der Waals surface area contributed by atoms with Gasteiger partial charge in [0.25, 0.3) is 0 Å². The van der Waals surface area contributed by atoms with E-state index in [0.29, 0.717) is 19.7 Å². The number of benzene rings is 2. The molecule has 172 valence electrons. The van der Waals surface area contributed by atoms with Crippen LogP contribution in [0.3, 0.4) is 0 Å². The van der Waals surface area contributed by atoms with Gasteiger partial charge in [0.05, 0.1) is 7.11 Å². The number of methoxy groups -OCH3 is 1. The molecule has 0 spiro atoms. The Bertz CT molecular complexity index is 878. The van der Waals surface area contributed by atoms with Crippen LogP contribution in [0.15, 0.2) is 54.6 Å². The molecule has 2 aromatic carbocycles. The minimum atomic E-state index is -0.452. The Balaban J connectivity index is 1.40. The first-order chi connectivity index (χ1) is 15.3. The first-order valence-electron chi connectivity index (χ1n) is 11.0. The minimum absolute atomic E-state index is 0.218. The van der Waals surface area contributed by atoms with Crippen LogP contribution in [0.4, 0.5) is 4.79 Å². The van der Waals surface area contributed by atoms with Gasteiger partial charge in [0.2, 0.25) is 0 Å². The number of piperazine rings is 1. The Hall–Kier alpha value is -2.99. The number of amides is 1. The molecule has 0 aliphatic carbocycles. The van der Waals surface area contributed by atoms with Crippen LogP contribution in [0.2, 0.25) is 0 Å². The third-order valence-corrected chi connectivity index (χ3v) is 5.13. The molecular weight excluding hydrogens is 404 g/mol. The number of carbonyl (C=O) groups is 1. The molecule has 6 nitrogen and oxygen atoms in total. The van der Waals surface area contributed by atoms with Crippen LogP contribution >= 0.6 is 0 Å². The Labute approximate surface area is 191 Å². The summed E-state index contributed by atoms with van der Waals surface area (Å²) in [7, 11) is 1.65. The van der Waals surface area contributed by atoms with Crippen LogP contribution in [0.5, 0.6) is 11.5 Å². The Kier molecular flexibility index (Phi) is 8.17. The van der Waals surface area contributed by atoms with Gasteiger partial charge >= 0.3 is 6.09 Å². The molecule has 0 unspecified atom stereocenters. The number of nitrogens with zero attached hydrogens (tertiary/aromatic N) is 2. The molecule has 3 rings (SSSR count). The molecule has 0 radical (unpaired) electrons. The molecule has 0 bridgehead atoms. The molecule has 0 aromatic heterocycles. The second kappa shape index (κ2) is 11.0. The van der Waals surface area contributed by atoms with Crippen molar-refractivity contribution in [2.24, 2.45) is 0 Å². The normalized spacial score (nSPS) is 15.1. The predicted molar refractivity (Wildman–Crippen MR) is 127 cm³/mol. The predicted octanol–water partition coefficient (Wildman–Crippen LogP) is 4.84. The number of carbonyl (C=O) groups excluding carboxylic acids is 1. The van der Waals surface area contributed by atoms with E-state index in [9.17, 15) is 4.79 Å². The lowest BCUT2D eigenvalue weighted by atomic mass is 10.1. The average Bonchev–Trinajstić information content (AvgIpc) is 2.77. The van der Waals surface area contributed by atoms with Gasteiger partial charge in [-0.3, -0.25) is 4.90 Å². The van der Waals surface area contributed by atoms with E-state index >= 15 is 0 Å². The quantitative estimate of drug-likeness (QED) is 0.619. The van der Waals surface area contributed by atoms with Crippen molar-refractivity contribution in [1.29, 1.82) is 0 Å². The van der Waals surface area contributed by atoms with Crippen molar-refractivity contribution in [3.8, 4) is 11.5 Å². The minimum Gasteiger partial charge on any atom is -0.497 e. The van der Waals surface area contributed by atoms with E-state index in [-0.39, 0.29) is 6.09 Å². The Morgan fingerprint density at radius 2 is 1.56 bits per heavy atom. The average molecular weight is 439 g/mol. The highest BCUT2D eigenvalue weighted by Crippen LogP contribution is 2.17. The zero-order valence-corrected chi connectivity index (χ0v) is 19.5. The summed E-state index contributed by atoms with van der Waals surface area (Å²) >= 11 is 0. The van der Waals surface area contributed by atoms with E-state index in [1.54, 1.807) is 12.0 Å². The summed E-state index contributed by atoms with van der Waals surface area (Å²) in [5, 5.41) is 0. The second-order valence-corrected chi connectivity index (χ2v) is 8.87. The third-order valence-electron chi connectivity index (χ3n) is 5.13. The SMILES string of the molecule is COc1ccc(OC/C=C/c2ccc(CN3CCN(C(=O)OC(C)(C)C)CC3)cc2)cc1. The molecule has 1 amide bonds. The van der Waals surface area contributed by atoms with Gasteiger partial charge in [-0.1, -0.05) is 30.3 Å². The van der Waals surface area contributed by atoms with Crippen LogP contribution in [0, 0.1) is 0 Å². The Morgan fingerprint density at radius 3 is 2.16 bits per heavy atom. The maximum atomic E-state index is 12.2. The van der Waals surface area contributed by atoms with Gasteiger partial charge in [-0.2, -0.15) is 0 Å². The van der Waals surface area contributed by atoms with Crippen molar-refractivity contribution in [2.45, 2.75) is 32.9 Å². The van der Waals surface area contributed by atoms with Crippen LogP contribution in [0.1, 0.15) is 31.9 Å². The van der Waals surface area contributed by atoms with Gasteiger partial charge in [-0.15, -0.1) is 0 Å². The third kappa shape index (κ3) is 7.61.